The quantitative estimate of drug-likeness (QED) is 0.775. The summed E-state index contributed by atoms with van der Waals surface area (Å²) in [4.78, 5) is 4.51. The van der Waals surface area contributed by atoms with E-state index < -0.39 is 0 Å². The van der Waals surface area contributed by atoms with E-state index in [1.807, 2.05) is 45.3 Å². The van der Waals surface area contributed by atoms with Crippen LogP contribution in [0.2, 0.25) is 0 Å². The lowest BCUT2D eigenvalue weighted by Crippen LogP contribution is -2.12. The minimum atomic E-state index is -0.158. The van der Waals surface area contributed by atoms with Crippen LogP contribution in [0.5, 0.6) is 0 Å². The highest BCUT2D eigenvalue weighted by molar-refractivity contribution is 5.79. The highest BCUT2D eigenvalue weighted by atomic mass is 15.2. The molecular formula is C16H18N4. The maximum Gasteiger partial charge on any atom is 0.0705 e. The van der Waals surface area contributed by atoms with E-state index in [9.17, 15) is 0 Å². The van der Waals surface area contributed by atoms with Gasteiger partial charge in [-0.15, -0.1) is 0 Å². The molecule has 2 heterocycles. The van der Waals surface area contributed by atoms with Crippen LogP contribution in [0.4, 0.5) is 0 Å². The number of nitrogens with two attached hydrogens (primary N) is 1. The van der Waals surface area contributed by atoms with Crippen molar-refractivity contribution in [3.05, 3.63) is 59.0 Å². The Morgan fingerprint density at radius 2 is 1.95 bits per heavy atom. The van der Waals surface area contributed by atoms with Crippen LogP contribution in [0.3, 0.4) is 0 Å². The normalized spacial score (nSPS) is 12.8. The van der Waals surface area contributed by atoms with E-state index in [0.29, 0.717) is 0 Å². The third kappa shape index (κ3) is 2.18. The second kappa shape index (κ2) is 4.72. The van der Waals surface area contributed by atoms with Gasteiger partial charge in [0.05, 0.1) is 17.3 Å². The van der Waals surface area contributed by atoms with Gasteiger partial charge in [0.2, 0.25) is 0 Å². The molecule has 0 spiro atoms. The van der Waals surface area contributed by atoms with Crippen molar-refractivity contribution in [2.45, 2.75) is 19.9 Å². The Bertz CT molecular complexity index is 773. The number of rotatable bonds is 2. The molecule has 2 aromatic heterocycles. The maximum atomic E-state index is 6.38. The average molecular weight is 266 g/mol. The van der Waals surface area contributed by atoms with Crippen molar-refractivity contribution in [2.75, 3.05) is 0 Å². The molecule has 0 aliphatic rings. The molecule has 1 unspecified atom stereocenters. The third-order valence-corrected chi connectivity index (χ3v) is 3.60. The predicted octanol–water partition coefficient (Wildman–Crippen LogP) is 2.63. The molecule has 0 bridgehead atoms. The Balaban J connectivity index is 2.05. The van der Waals surface area contributed by atoms with E-state index in [1.165, 1.54) is 0 Å². The van der Waals surface area contributed by atoms with E-state index in [1.54, 1.807) is 4.68 Å². The number of nitrogens with zero attached hydrogens (tertiary/aromatic N) is 3. The van der Waals surface area contributed by atoms with Crippen molar-refractivity contribution in [2.24, 2.45) is 12.8 Å². The van der Waals surface area contributed by atoms with Crippen LogP contribution in [-0.4, -0.2) is 14.8 Å². The molecular weight excluding hydrogens is 248 g/mol. The van der Waals surface area contributed by atoms with Gasteiger partial charge < -0.3 is 5.73 Å². The highest BCUT2D eigenvalue weighted by Crippen LogP contribution is 2.24. The minimum Gasteiger partial charge on any atom is -0.320 e. The zero-order valence-corrected chi connectivity index (χ0v) is 12.0. The van der Waals surface area contributed by atoms with Crippen molar-refractivity contribution < 1.29 is 0 Å². The fourth-order valence-corrected chi connectivity index (χ4v) is 2.54. The molecule has 3 rings (SSSR count). The van der Waals surface area contributed by atoms with Crippen molar-refractivity contribution >= 4 is 10.9 Å². The van der Waals surface area contributed by atoms with Gasteiger partial charge in [0, 0.05) is 29.9 Å². The van der Waals surface area contributed by atoms with Crippen LogP contribution >= 0.6 is 0 Å². The molecule has 0 amide bonds. The van der Waals surface area contributed by atoms with Crippen LogP contribution in [-0.2, 0) is 7.05 Å². The standard InChI is InChI=1S/C16H18N4/c1-10-4-5-12-8-13(6-7-15(12)18-10)16(17)14-9-20(3)19-11(14)2/h4-9,16H,17H2,1-3H3. The van der Waals surface area contributed by atoms with E-state index >= 15 is 0 Å². The van der Waals surface area contributed by atoms with E-state index in [-0.39, 0.29) is 6.04 Å². The monoisotopic (exact) mass is 266 g/mol. The molecule has 0 aliphatic carbocycles. The van der Waals surface area contributed by atoms with Crippen LogP contribution < -0.4 is 5.73 Å². The van der Waals surface area contributed by atoms with Gasteiger partial charge in [-0.25, -0.2) is 0 Å². The molecule has 0 aliphatic heterocycles. The summed E-state index contributed by atoms with van der Waals surface area (Å²) < 4.78 is 1.80. The summed E-state index contributed by atoms with van der Waals surface area (Å²) in [7, 11) is 1.91. The first kappa shape index (κ1) is 12.8. The fraction of sp³-hybridized carbons (Fsp3) is 0.250. The molecule has 4 nitrogen and oxygen atoms in total. The molecule has 1 atom stereocenters. The van der Waals surface area contributed by atoms with Gasteiger partial charge in [-0.1, -0.05) is 12.1 Å². The highest BCUT2D eigenvalue weighted by Gasteiger charge is 2.14. The summed E-state index contributed by atoms with van der Waals surface area (Å²) in [5.41, 5.74) is 11.5. The SMILES string of the molecule is Cc1ccc2cc(C(N)c3cn(C)nc3C)ccc2n1. The Hall–Kier alpha value is -2.20. The lowest BCUT2D eigenvalue weighted by atomic mass is 9.99. The van der Waals surface area contributed by atoms with Crippen molar-refractivity contribution in [3.8, 4) is 0 Å². The van der Waals surface area contributed by atoms with E-state index in [0.717, 1.165) is 33.4 Å². The molecule has 102 valence electrons. The first-order valence-corrected chi connectivity index (χ1v) is 6.67. The molecule has 0 radical (unpaired) electrons. The van der Waals surface area contributed by atoms with Gasteiger partial charge in [0.25, 0.3) is 0 Å². The molecule has 4 heteroatoms. The largest absolute Gasteiger partial charge is 0.320 e. The van der Waals surface area contributed by atoms with Crippen LogP contribution in [0, 0.1) is 13.8 Å². The molecule has 1 aromatic carbocycles. The number of hydrogen-bond acceptors (Lipinski definition) is 3. The van der Waals surface area contributed by atoms with Gasteiger partial charge in [0.15, 0.2) is 0 Å². The summed E-state index contributed by atoms with van der Waals surface area (Å²) in [5, 5.41) is 5.47. The van der Waals surface area contributed by atoms with E-state index in [4.69, 9.17) is 5.73 Å². The zero-order valence-electron chi connectivity index (χ0n) is 12.0. The summed E-state index contributed by atoms with van der Waals surface area (Å²) in [6.07, 6.45) is 1.98. The Labute approximate surface area is 118 Å². The zero-order chi connectivity index (χ0) is 14.3. The van der Waals surface area contributed by atoms with Crippen LogP contribution in [0.15, 0.2) is 36.5 Å². The van der Waals surface area contributed by atoms with Gasteiger partial charge >= 0.3 is 0 Å². The summed E-state index contributed by atoms with van der Waals surface area (Å²) in [5.74, 6) is 0. The molecule has 0 fully saturated rings. The van der Waals surface area contributed by atoms with Gasteiger partial charge in [-0.3, -0.25) is 9.67 Å². The van der Waals surface area contributed by atoms with Crippen molar-refractivity contribution in [3.63, 3.8) is 0 Å². The number of benzene rings is 1. The third-order valence-electron chi connectivity index (χ3n) is 3.60. The van der Waals surface area contributed by atoms with Crippen molar-refractivity contribution in [1.29, 1.82) is 0 Å². The Morgan fingerprint density at radius 3 is 2.65 bits per heavy atom. The van der Waals surface area contributed by atoms with Gasteiger partial charge in [-0.05, 0) is 37.6 Å². The molecule has 3 aromatic rings. The topological polar surface area (TPSA) is 56.7 Å². The number of aromatic nitrogens is 3. The molecule has 0 saturated carbocycles. The lowest BCUT2D eigenvalue weighted by Gasteiger charge is -2.12. The number of fused-ring (bicyclic) bond motifs is 1. The fourth-order valence-electron chi connectivity index (χ4n) is 2.54. The average Bonchev–Trinajstić information content (AvgIpc) is 2.76. The van der Waals surface area contributed by atoms with Gasteiger partial charge in [-0.2, -0.15) is 5.10 Å². The Kier molecular flexibility index (Phi) is 3.03. The van der Waals surface area contributed by atoms with Crippen molar-refractivity contribution in [1.82, 2.24) is 14.8 Å². The molecule has 2 N–H and O–H groups in total. The second-order valence-corrected chi connectivity index (χ2v) is 5.23. The number of aryl methyl sites for hydroxylation is 3. The smallest absolute Gasteiger partial charge is 0.0705 e. The van der Waals surface area contributed by atoms with E-state index in [2.05, 4.69) is 22.2 Å². The second-order valence-electron chi connectivity index (χ2n) is 5.23. The maximum absolute atomic E-state index is 6.38. The molecule has 0 saturated heterocycles. The van der Waals surface area contributed by atoms with Crippen LogP contribution in [0.25, 0.3) is 10.9 Å². The van der Waals surface area contributed by atoms with Gasteiger partial charge in [0.1, 0.15) is 0 Å². The lowest BCUT2D eigenvalue weighted by molar-refractivity contribution is 0.756. The Morgan fingerprint density at radius 1 is 1.15 bits per heavy atom. The summed E-state index contributed by atoms with van der Waals surface area (Å²) in [6.45, 7) is 3.99. The molecule has 20 heavy (non-hydrogen) atoms. The summed E-state index contributed by atoms with van der Waals surface area (Å²) >= 11 is 0. The summed E-state index contributed by atoms with van der Waals surface area (Å²) in [6, 6.07) is 10.1. The predicted molar refractivity (Wildman–Crippen MR) is 80.5 cm³/mol. The number of pyridine rings is 1. The number of hydrogen-bond donors (Lipinski definition) is 1. The first-order chi connectivity index (χ1) is 9.54. The first-order valence-electron chi connectivity index (χ1n) is 6.67. The van der Waals surface area contributed by atoms with Crippen LogP contribution in [0.1, 0.15) is 28.6 Å². The minimum absolute atomic E-state index is 0.158.